The van der Waals surface area contributed by atoms with Gasteiger partial charge >= 0.3 is 0 Å². The molecular weight excluding hydrogens is 362 g/mol. The highest BCUT2D eigenvalue weighted by molar-refractivity contribution is 7.84. The molecule has 1 atom stereocenters. The van der Waals surface area contributed by atoms with Gasteiger partial charge in [-0.25, -0.2) is 0 Å². The van der Waals surface area contributed by atoms with Gasteiger partial charge in [-0.2, -0.15) is 10.5 Å². The number of likely N-dealkylation sites (tertiary alicyclic amines) is 1. The first-order valence-corrected chi connectivity index (χ1v) is 9.96. The lowest BCUT2D eigenvalue weighted by molar-refractivity contribution is -0.127. The Balaban J connectivity index is 0.000000313. The number of carbonyl (C=O) groups excluding carboxylic acids is 1. The summed E-state index contributed by atoms with van der Waals surface area (Å²) in [6.07, 6.45) is 2.39. The molecule has 3 rings (SSSR count). The van der Waals surface area contributed by atoms with Gasteiger partial charge in [-0.1, -0.05) is 6.92 Å². The highest BCUT2D eigenvalue weighted by atomic mass is 32.1. The summed E-state index contributed by atoms with van der Waals surface area (Å²) in [7, 11) is 2.11. The van der Waals surface area contributed by atoms with Crippen molar-refractivity contribution in [2.75, 3.05) is 53.0 Å². The molecule has 1 amide bonds. The van der Waals surface area contributed by atoms with Crippen molar-refractivity contribution in [3.63, 3.8) is 0 Å². The summed E-state index contributed by atoms with van der Waals surface area (Å²) in [5.74, 6) is -1.13. The molecule has 2 saturated heterocycles. The summed E-state index contributed by atoms with van der Waals surface area (Å²) >= 11 is 4.23. The first-order chi connectivity index (χ1) is 13.0. The molecule has 0 aromatic rings. The molecule has 1 unspecified atom stereocenters. The number of nitriles is 2. The molecule has 0 aromatic carbocycles. The minimum Gasteiger partial charge on any atom is -0.379 e. The lowest BCUT2D eigenvalue weighted by atomic mass is 9.63. The summed E-state index contributed by atoms with van der Waals surface area (Å²) in [6, 6.07) is 4.26. The Hall–Kier alpha value is -1.58. The first-order valence-electron chi connectivity index (χ1n) is 9.51. The first kappa shape index (κ1) is 21.7. The van der Waals surface area contributed by atoms with E-state index in [0.29, 0.717) is 23.4 Å². The van der Waals surface area contributed by atoms with Gasteiger partial charge in [-0.05, 0) is 45.9 Å². The van der Waals surface area contributed by atoms with E-state index in [-0.39, 0.29) is 5.91 Å². The molecule has 148 valence electrons. The van der Waals surface area contributed by atoms with Gasteiger partial charge in [0.2, 0.25) is 5.91 Å². The third-order valence-corrected chi connectivity index (χ3v) is 5.89. The number of likely N-dealkylation sites (N-methyl/N-ethyl adjacent to an activating group) is 1. The molecule has 27 heavy (non-hydrogen) atoms. The van der Waals surface area contributed by atoms with Crippen molar-refractivity contribution in [2.24, 2.45) is 11.3 Å². The Morgan fingerprint density at radius 2 is 1.89 bits per heavy atom. The van der Waals surface area contributed by atoms with Crippen LogP contribution in [0.3, 0.4) is 0 Å². The number of ether oxygens (including phenoxy) is 1. The maximum absolute atomic E-state index is 12.0. The Kier molecular flexibility index (Phi) is 8.12. The van der Waals surface area contributed by atoms with Crippen molar-refractivity contribution < 1.29 is 9.53 Å². The van der Waals surface area contributed by atoms with Crippen LogP contribution in [0.5, 0.6) is 0 Å². The average Bonchev–Trinajstić information content (AvgIpc) is 2.65. The summed E-state index contributed by atoms with van der Waals surface area (Å²) in [5.41, 5.74) is -0.198. The fraction of sp³-hybridized carbons (Fsp3) is 0.737. The second kappa shape index (κ2) is 10.1. The van der Waals surface area contributed by atoms with E-state index >= 15 is 0 Å². The molecule has 8 heteroatoms. The van der Waals surface area contributed by atoms with E-state index < -0.39 is 11.3 Å². The smallest absolute Gasteiger partial charge is 0.243 e. The maximum Gasteiger partial charge on any atom is 0.243 e. The van der Waals surface area contributed by atoms with Gasteiger partial charge in [0.1, 0.15) is 5.92 Å². The van der Waals surface area contributed by atoms with E-state index in [4.69, 9.17) is 4.74 Å². The third-order valence-electron chi connectivity index (χ3n) is 5.55. The molecule has 7 nitrogen and oxygen atoms in total. The fourth-order valence-electron chi connectivity index (χ4n) is 3.91. The van der Waals surface area contributed by atoms with Gasteiger partial charge in [-0.3, -0.25) is 4.79 Å². The lowest BCUT2D eigenvalue weighted by Crippen LogP contribution is -2.52. The van der Waals surface area contributed by atoms with E-state index in [9.17, 15) is 15.3 Å². The van der Waals surface area contributed by atoms with Crippen LogP contribution in [-0.2, 0) is 9.53 Å². The summed E-state index contributed by atoms with van der Waals surface area (Å²) in [5, 5.41) is 21.6. The predicted octanol–water partition coefficient (Wildman–Crippen LogP) is 1.36. The molecule has 1 spiro atoms. The Labute approximate surface area is 167 Å². The number of thiol groups is 1. The zero-order valence-corrected chi connectivity index (χ0v) is 17.1. The van der Waals surface area contributed by atoms with Crippen LogP contribution < -0.4 is 5.32 Å². The number of hydrogen-bond donors (Lipinski definition) is 2. The molecule has 0 radical (unpaired) electrons. The fourth-order valence-corrected chi connectivity index (χ4v) is 4.30. The van der Waals surface area contributed by atoms with Gasteiger partial charge in [0, 0.05) is 18.5 Å². The summed E-state index contributed by atoms with van der Waals surface area (Å²) in [6.45, 7) is 8.78. The van der Waals surface area contributed by atoms with Crippen LogP contribution in [-0.4, -0.2) is 68.7 Å². The van der Waals surface area contributed by atoms with Crippen LogP contribution in [0.4, 0.5) is 0 Å². The molecule has 3 aliphatic rings. The van der Waals surface area contributed by atoms with E-state index in [1.54, 1.807) is 0 Å². The number of amides is 1. The van der Waals surface area contributed by atoms with Crippen molar-refractivity contribution >= 4 is 18.5 Å². The van der Waals surface area contributed by atoms with Gasteiger partial charge < -0.3 is 19.9 Å². The number of allylic oxidation sites excluding steroid dienone is 1. The summed E-state index contributed by atoms with van der Waals surface area (Å²) < 4.78 is 5.10. The highest BCUT2D eigenvalue weighted by Gasteiger charge is 2.51. The van der Waals surface area contributed by atoms with Gasteiger partial charge in [0.05, 0.1) is 36.0 Å². The molecule has 2 fully saturated rings. The minimum absolute atomic E-state index is 0.313. The Morgan fingerprint density at radius 1 is 1.26 bits per heavy atom. The van der Waals surface area contributed by atoms with Crippen LogP contribution in [0.15, 0.2) is 10.6 Å². The van der Waals surface area contributed by atoms with Crippen LogP contribution in [0.1, 0.15) is 26.2 Å². The van der Waals surface area contributed by atoms with Crippen molar-refractivity contribution in [3.8, 4) is 12.1 Å². The average molecular weight is 392 g/mol. The van der Waals surface area contributed by atoms with Crippen molar-refractivity contribution in [3.05, 3.63) is 10.6 Å². The predicted molar refractivity (Wildman–Crippen MR) is 106 cm³/mol. The van der Waals surface area contributed by atoms with Crippen LogP contribution >= 0.6 is 12.6 Å². The Morgan fingerprint density at radius 3 is 2.33 bits per heavy atom. The van der Waals surface area contributed by atoms with Crippen molar-refractivity contribution in [2.45, 2.75) is 26.2 Å². The molecule has 0 saturated carbocycles. The zero-order chi connectivity index (χ0) is 19.9. The minimum atomic E-state index is -0.795. The third kappa shape index (κ3) is 5.03. The standard InChI is InChI=1S/C14H18N4OS.C5H11NO/c1-2-5-18-6-3-14(4-7-18)10(8-15)12(19)17-13(20)11(14)9-16;1-6-2-4-7-5-3-6/h10,20H,2-7H2,1H3,(H,17,19);2-5H2,1H3. The highest BCUT2D eigenvalue weighted by Crippen LogP contribution is 2.48. The van der Waals surface area contributed by atoms with Gasteiger partial charge in [0.15, 0.2) is 0 Å². The van der Waals surface area contributed by atoms with Crippen LogP contribution in [0.25, 0.3) is 0 Å². The van der Waals surface area contributed by atoms with Crippen molar-refractivity contribution in [1.82, 2.24) is 15.1 Å². The van der Waals surface area contributed by atoms with E-state index in [0.717, 1.165) is 52.4 Å². The number of rotatable bonds is 2. The second-order valence-electron chi connectivity index (χ2n) is 7.30. The van der Waals surface area contributed by atoms with E-state index in [1.165, 1.54) is 0 Å². The molecule has 0 aromatic heterocycles. The Bertz CT molecular complexity index is 637. The topological polar surface area (TPSA) is 92.4 Å². The number of piperidine rings is 1. The SMILES string of the molecule is CCCN1CCC2(CC1)C(C#N)=C(S)NC(=O)C2C#N.CN1CCOCC1. The van der Waals surface area contributed by atoms with E-state index in [2.05, 4.69) is 53.9 Å². The lowest BCUT2D eigenvalue weighted by Gasteiger charge is -2.45. The van der Waals surface area contributed by atoms with Gasteiger partial charge in [0.25, 0.3) is 0 Å². The number of hydrogen-bond acceptors (Lipinski definition) is 7. The van der Waals surface area contributed by atoms with Crippen LogP contribution in [0, 0.1) is 34.0 Å². The largest absolute Gasteiger partial charge is 0.379 e. The number of carbonyl (C=O) groups is 1. The summed E-state index contributed by atoms with van der Waals surface area (Å²) in [4.78, 5) is 16.6. The van der Waals surface area contributed by atoms with Crippen LogP contribution in [0.2, 0.25) is 0 Å². The molecule has 1 N–H and O–H groups in total. The monoisotopic (exact) mass is 391 g/mol. The molecule has 0 bridgehead atoms. The zero-order valence-electron chi connectivity index (χ0n) is 16.2. The molecule has 3 heterocycles. The number of nitrogens with zero attached hydrogens (tertiary/aromatic N) is 4. The molecular formula is C19H29N5O2S. The second-order valence-corrected chi connectivity index (χ2v) is 7.75. The van der Waals surface area contributed by atoms with E-state index in [1.807, 2.05) is 0 Å². The molecule has 0 aliphatic carbocycles. The normalized spacial score (nSPS) is 25.8. The van der Waals surface area contributed by atoms with Gasteiger partial charge in [-0.15, -0.1) is 12.6 Å². The van der Waals surface area contributed by atoms with Crippen molar-refractivity contribution in [1.29, 1.82) is 10.5 Å². The molecule has 3 aliphatic heterocycles. The maximum atomic E-state index is 12.0. The quantitative estimate of drug-likeness (QED) is 0.691. The number of nitrogens with one attached hydrogen (secondary N) is 1. The number of morpholine rings is 1.